The van der Waals surface area contributed by atoms with Crippen LogP contribution in [0.3, 0.4) is 0 Å². The van der Waals surface area contributed by atoms with Crippen molar-refractivity contribution < 1.29 is 23.9 Å². The first kappa shape index (κ1) is 16.7. The second-order valence-electron chi connectivity index (χ2n) is 6.06. The second kappa shape index (κ2) is 6.17. The number of fused-ring (bicyclic) bond motifs is 3. The molecule has 3 aromatic carbocycles. The zero-order valence-electron chi connectivity index (χ0n) is 13.8. The van der Waals surface area contributed by atoms with Gasteiger partial charge in [-0.05, 0) is 35.4 Å². The van der Waals surface area contributed by atoms with Gasteiger partial charge in [0.15, 0.2) is 5.78 Å². The Hall–Kier alpha value is -3.80. The molecule has 0 fully saturated rings. The monoisotopic (exact) mass is 361 g/mol. The molecule has 0 bridgehead atoms. The average Bonchev–Trinajstić information content (AvgIpc) is 2.96. The topological polar surface area (TPSA) is 83.5 Å². The minimum atomic E-state index is -1.44. The van der Waals surface area contributed by atoms with Gasteiger partial charge < -0.3 is 10.4 Å². The lowest BCUT2D eigenvalue weighted by molar-refractivity contribution is 0.0691. The molecule has 2 N–H and O–H groups in total. The largest absolute Gasteiger partial charge is 0.478 e. The quantitative estimate of drug-likeness (QED) is 0.578. The first-order chi connectivity index (χ1) is 13.0. The number of anilines is 1. The van der Waals surface area contributed by atoms with E-state index in [-0.39, 0.29) is 17.0 Å². The van der Waals surface area contributed by atoms with Crippen molar-refractivity contribution in [3.63, 3.8) is 0 Å². The van der Waals surface area contributed by atoms with Crippen LogP contribution in [0.5, 0.6) is 0 Å². The zero-order valence-corrected chi connectivity index (χ0v) is 13.8. The summed E-state index contributed by atoms with van der Waals surface area (Å²) in [7, 11) is 0. The molecule has 0 spiro atoms. The Labute approximate surface area is 153 Å². The molecule has 3 aromatic rings. The van der Waals surface area contributed by atoms with Crippen LogP contribution in [-0.2, 0) is 0 Å². The third-order valence-corrected chi connectivity index (χ3v) is 4.45. The maximum atomic E-state index is 13.5. The number of ketones is 1. The highest BCUT2D eigenvalue weighted by atomic mass is 19.1. The van der Waals surface area contributed by atoms with Crippen LogP contribution in [0.25, 0.3) is 11.1 Å². The van der Waals surface area contributed by atoms with E-state index < -0.39 is 23.3 Å². The van der Waals surface area contributed by atoms with Gasteiger partial charge in [-0.1, -0.05) is 36.4 Å². The number of nitrogens with one attached hydrogen (secondary N) is 1. The molecule has 0 heterocycles. The number of halogens is 1. The summed E-state index contributed by atoms with van der Waals surface area (Å²) in [6.45, 7) is 0. The van der Waals surface area contributed by atoms with Crippen LogP contribution in [-0.4, -0.2) is 22.8 Å². The predicted octanol–water partition coefficient (Wildman–Crippen LogP) is 3.99. The Morgan fingerprint density at radius 2 is 1.56 bits per heavy atom. The Morgan fingerprint density at radius 3 is 2.30 bits per heavy atom. The van der Waals surface area contributed by atoms with Crippen molar-refractivity contribution in [2.75, 3.05) is 5.32 Å². The Kier molecular flexibility index (Phi) is 3.81. The Balaban J connectivity index is 1.72. The molecule has 1 aliphatic carbocycles. The summed E-state index contributed by atoms with van der Waals surface area (Å²) in [6.07, 6.45) is 0. The Bertz CT molecular complexity index is 1140. The van der Waals surface area contributed by atoms with Crippen LogP contribution < -0.4 is 5.32 Å². The van der Waals surface area contributed by atoms with Crippen molar-refractivity contribution >= 4 is 23.3 Å². The van der Waals surface area contributed by atoms with E-state index in [0.29, 0.717) is 16.7 Å². The standard InChI is InChI=1S/C21H12FNO4/c22-17-9-8-11(10-16(17)21(26)27)23-20(25)15-7-3-6-13-12-4-1-2-5-14(12)19(24)18(13)15/h1-10H,(H,23,25)(H,26,27). The summed E-state index contributed by atoms with van der Waals surface area (Å²) in [5, 5.41) is 11.5. The minimum Gasteiger partial charge on any atom is -0.478 e. The molecule has 27 heavy (non-hydrogen) atoms. The average molecular weight is 361 g/mol. The lowest BCUT2D eigenvalue weighted by atomic mass is 10.00. The van der Waals surface area contributed by atoms with E-state index in [4.69, 9.17) is 5.11 Å². The van der Waals surface area contributed by atoms with Gasteiger partial charge in [0.2, 0.25) is 0 Å². The van der Waals surface area contributed by atoms with E-state index in [9.17, 15) is 18.8 Å². The molecule has 6 heteroatoms. The molecule has 0 atom stereocenters. The lowest BCUT2D eigenvalue weighted by Gasteiger charge is -2.10. The number of carbonyl (C=O) groups is 3. The highest BCUT2D eigenvalue weighted by Gasteiger charge is 2.30. The molecular weight excluding hydrogens is 349 g/mol. The van der Waals surface area contributed by atoms with Gasteiger partial charge in [0.25, 0.3) is 5.91 Å². The minimum absolute atomic E-state index is 0.124. The predicted molar refractivity (Wildman–Crippen MR) is 96.6 cm³/mol. The van der Waals surface area contributed by atoms with Gasteiger partial charge in [-0.25, -0.2) is 9.18 Å². The van der Waals surface area contributed by atoms with Gasteiger partial charge >= 0.3 is 5.97 Å². The smallest absolute Gasteiger partial charge is 0.338 e. The van der Waals surface area contributed by atoms with E-state index in [1.807, 2.05) is 12.1 Å². The number of hydrogen-bond acceptors (Lipinski definition) is 3. The second-order valence-corrected chi connectivity index (χ2v) is 6.06. The highest BCUT2D eigenvalue weighted by molar-refractivity contribution is 6.26. The molecule has 0 aromatic heterocycles. The van der Waals surface area contributed by atoms with Crippen LogP contribution in [0.1, 0.15) is 36.6 Å². The van der Waals surface area contributed by atoms with Gasteiger partial charge in [0, 0.05) is 16.8 Å². The number of carbonyl (C=O) groups excluding carboxylic acids is 2. The van der Waals surface area contributed by atoms with Gasteiger partial charge in [-0.3, -0.25) is 9.59 Å². The number of hydrogen-bond donors (Lipinski definition) is 2. The van der Waals surface area contributed by atoms with Gasteiger partial charge in [0.05, 0.1) is 11.1 Å². The van der Waals surface area contributed by atoms with Crippen molar-refractivity contribution in [1.82, 2.24) is 0 Å². The fraction of sp³-hybridized carbons (Fsp3) is 0. The normalized spacial score (nSPS) is 11.7. The molecule has 1 aliphatic rings. The number of amides is 1. The van der Waals surface area contributed by atoms with Crippen molar-refractivity contribution in [3.05, 3.63) is 88.7 Å². The van der Waals surface area contributed by atoms with Crippen LogP contribution in [0, 0.1) is 5.82 Å². The van der Waals surface area contributed by atoms with Gasteiger partial charge in [-0.15, -0.1) is 0 Å². The molecule has 1 amide bonds. The number of carboxylic acids is 1. The number of aromatic carboxylic acids is 1. The van der Waals surface area contributed by atoms with E-state index in [2.05, 4.69) is 5.32 Å². The highest BCUT2D eigenvalue weighted by Crippen LogP contribution is 2.38. The van der Waals surface area contributed by atoms with Gasteiger partial charge in [-0.2, -0.15) is 0 Å². The van der Waals surface area contributed by atoms with Gasteiger partial charge in [0.1, 0.15) is 5.82 Å². The molecule has 4 rings (SSSR count). The fourth-order valence-electron chi connectivity index (χ4n) is 3.23. The van der Waals surface area contributed by atoms with Crippen LogP contribution in [0.15, 0.2) is 60.7 Å². The molecule has 0 radical (unpaired) electrons. The van der Waals surface area contributed by atoms with Crippen molar-refractivity contribution in [3.8, 4) is 11.1 Å². The molecule has 132 valence electrons. The first-order valence-electron chi connectivity index (χ1n) is 8.08. The van der Waals surface area contributed by atoms with E-state index in [0.717, 1.165) is 17.7 Å². The molecule has 0 saturated carbocycles. The SMILES string of the molecule is O=C(O)c1cc(NC(=O)c2cccc3c2C(=O)c2ccccc2-3)ccc1F. The summed E-state index contributed by atoms with van der Waals surface area (Å²) in [5.74, 6) is -3.14. The van der Waals surface area contributed by atoms with Crippen LogP contribution >= 0.6 is 0 Å². The van der Waals surface area contributed by atoms with Crippen LogP contribution in [0.4, 0.5) is 10.1 Å². The summed E-state index contributed by atoms with van der Waals surface area (Å²) < 4.78 is 13.5. The van der Waals surface area contributed by atoms with E-state index in [1.165, 1.54) is 12.1 Å². The van der Waals surface area contributed by atoms with E-state index >= 15 is 0 Å². The summed E-state index contributed by atoms with van der Waals surface area (Å²) in [5.41, 5.74) is 2.03. The maximum Gasteiger partial charge on any atom is 0.338 e. The third kappa shape index (κ3) is 2.67. The zero-order chi connectivity index (χ0) is 19.1. The van der Waals surface area contributed by atoms with Crippen molar-refractivity contribution in [2.45, 2.75) is 0 Å². The molecule has 5 nitrogen and oxygen atoms in total. The van der Waals surface area contributed by atoms with E-state index in [1.54, 1.807) is 24.3 Å². The first-order valence-corrected chi connectivity index (χ1v) is 8.08. The van der Waals surface area contributed by atoms with Crippen LogP contribution in [0.2, 0.25) is 0 Å². The lowest BCUT2D eigenvalue weighted by Crippen LogP contribution is -2.16. The maximum absolute atomic E-state index is 13.5. The van der Waals surface area contributed by atoms with Crippen molar-refractivity contribution in [1.29, 1.82) is 0 Å². The number of carboxylic acid groups (broad SMARTS) is 1. The Morgan fingerprint density at radius 1 is 0.852 bits per heavy atom. The summed E-state index contributed by atoms with van der Waals surface area (Å²) >= 11 is 0. The molecule has 0 unspecified atom stereocenters. The number of rotatable bonds is 3. The summed E-state index contributed by atoms with van der Waals surface area (Å²) in [4.78, 5) is 36.5. The molecule has 0 aliphatic heterocycles. The molecular formula is C21H12FNO4. The third-order valence-electron chi connectivity index (χ3n) is 4.45. The summed E-state index contributed by atoms with van der Waals surface area (Å²) in [6, 6.07) is 15.4. The fourth-order valence-corrected chi connectivity index (χ4v) is 3.23. The number of benzene rings is 3. The van der Waals surface area contributed by atoms with Crippen molar-refractivity contribution in [2.24, 2.45) is 0 Å². The molecule has 0 saturated heterocycles.